The van der Waals surface area contributed by atoms with E-state index in [0.717, 1.165) is 0 Å². The molecule has 0 radical (unpaired) electrons. The lowest BCUT2D eigenvalue weighted by Crippen LogP contribution is -1.97. The van der Waals surface area contributed by atoms with Gasteiger partial charge in [-0.15, -0.1) is 0 Å². The van der Waals surface area contributed by atoms with Gasteiger partial charge in [-0.1, -0.05) is 0 Å². The van der Waals surface area contributed by atoms with Crippen molar-refractivity contribution in [2.45, 2.75) is 0 Å². The zero-order valence-electron chi connectivity index (χ0n) is 6.57. The Morgan fingerprint density at radius 3 is 2.75 bits per heavy atom. The molecule has 0 fully saturated rings. The summed E-state index contributed by atoms with van der Waals surface area (Å²) in [5, 5.41) is 13.2. The molecule has 0 bridgehead atoms. The molecule has 0 aliphatic carbocycles. The molecular formula is C7H9N3O2. The number of anilines is 2. The lowest BCUT2D eigenvalue weighted by Gasteiger charge is -2.00. The third kappa shape index (κ3) is 1.45. The Morgan fingerprint density at radius 1 is 1.58 bits per heavy atom. The average Bonchev–Trinajstić information content (AvgIpc) is 2.05. The molecule has 0 aromatic heterocycles. The lowest BCUT2D eigenvalue weighted by atomic mass is 10.2. The topological polar surface area (TPSA) is 81.2 Å². The lowest BCUT2D eigenvalue weighted by molar-refractivity contribution is -0.383. The highest BCUT2D eigenvalue weighted by Crippen LogP contribution is 2.24. The van der Waals surface area contributed by atoms with E-state index in [9.17, 15) is 10.1 Å². The summed E-state index contributed by atoms with van der Waals surface area (Å²) in [5.74, 6) is 0. The third-order valence-corrected chi connectivity index (χ3v) is 1.52. The summed E-state index contributed by atoms with van der Waals surface area (Å²) in [5.41, 5.74) is 6.16. The van der Waals surface area contributed by atoms with Crippen LogP contribution in [0.2, 0.25) is 0 Å². The second kappa shape index (κ2) is 3.08. The summed E-state index contributed by atoms with van der Waals surface area (Å²) >= 11 is 0. The number of nitrogens with zero attached hydrogens (tertiary/aromatic N) is 1. The molecule has 64 valence electrons. The van der Waals surface area contributed by atoms with Crippen LogP contribution in [0.5, 0.6) is 0 Å². The summed E-state index contributed by atoms with van der Waals surface area (Å²) in [6.07, 6.45) is 0. The Balaban J connectivity index is 3.17. The van der Waals surface area contributed by atoms with Crippen LogP contribution in [-0.2, 0) is 0 Å². The predicted molar refractivity (Wildman–Crippen MR) is 47.1 cm³/mol. The van der Waals surface area contributed by atoms with Gasteiger partial charge in [-0.2, -0.15) is 0 Å². The van der Waals surface area contributed by atoms with Gasteiger partial charge in [0.15, 0.2) is 0 Å². The fraction of sp³-hybridized carbons (Fsp3) is 0.143. The first-order valence-electron chi connectivity index (χ1n) is 3.37. The van der Waals surface area contributed by atoms with Crippen LogP contribution < -0.4 is 11.1 Å². The van der Waals surface area contributed by atoms with E-state index in [4.69, 9.17) is 5.73 Å². The van der Waals surface area contributed by atoms with Gasteiger partial charge in [-0.3, -0.25) is 10.1 Å². The van der Waals surface area contributed by atoms with Crippen LogP contribution in [0, 0.1) is 10.1 Å². The molecule has 5 heteroatoms. The van der Waals surface area contributed by atoms with E-state index in [-0.39, 0.29) is 11.4 Å². The second-order valence-electron chi connectivity index (χ2n) is 2.28. The normalized spacial score (nSPS) is 9.42. The minimum atomic E-state index is -0.504. The molecule has 0 aliphatic heterocycles. The second-order valence-corrected chi connectivity index (χ2v) is 2.28. The SMILES string of the molecule is CNc1ccc(N)c([N+](=O)[O-])c1. The van der Waals surface area contributed by atoms with Gasteiger partial charge in [-0.05, 0) is 12.1 Å². The largest absolute Gasteiger partial charge is 0.393 e. The first-order valence-corrected chi connectivity index (χ1v) is 3.37. The van der Waals surface area contributed by atoms with E-state index in [0.29, 0.717) is 5.69 Å². The Hall–Kier alpha value is -1.78. The third-order valence-electron chi connectivity index (χ3n) is 1.52. The number of hydrogen-bond donors (Lipinski definition) is 2. The van der Waals surface area contributed by atoms with Gasteiger partial charge in [0.05, 0.1) is 4.92 Å². The number of hydrogen-bond acceptors (Lipinski definition) is 4. The van der Waals surface area contributed by atoms with Crippen molar-refractivity contribution in [3.05, 3.63) is 28.3 Å². The van der Waals surface area contributed by atoms with Crippen molar-refractivity contribution in [1.82, 2.24) is 0 Å². The molecule has 0 atom stereocenters. The summed E-state index contributed by atoms with van der Waals surface area (Å²) in [7, 11) is 1.69. The van der Waals surface area contributed by atoms with Gasteiger partial charge >= 0.3 is 0 Å². The Kier molecular flexibility index (Phi) is 2.14. The molecule has 1 aromatic rings. The van der Waals surface area contributed by atoms with E-state index >= 15 is 0 Å². The zero-order valence-corrected chi connectivity index (χ0v) is 6.57. The monoisotopic (exact) mass is 167 g/mol. The van der Waals surface area contributed by atoms with Gasteiger partial charge < -0.3 is 11.1 Å². The van der Waals surface area contributed by atoms with Crippen LogP contribution in [0.15, 0.2) is 18.2 Å². The summed E-state index contributed by atoms with van der Waals surface area (Å²) < 4.78 is 0. The zero-order chi connectivity index (χ0) is 9.14. The van der Waals surface area contributed by atoms with Crippen LogP contribution in [0.4, 0.5) is 17.1 Å². The molecular weight excluding hydrogens is 158 g/mol. The van der Waals surface area contributed by atoms with Gasteiger partial charge in [0.25, 0.3) is 5.69 Å². The molecule has 0 spiro atoms. The van der Waals surface area contributed by atoms with Gasteiger partial charge in [0, 0.05) is 18.8 Å². The maximum Gasteiger partial charge on any atom is 0.294 e. The highest BCUT2D eigenvalue weighted by Gasteiger charge is 2.10. The molecule has 1 aromatic carbocycles. The predicted octanol–water partition coefficient (Wildman–Crippen LogP) is 1.22. The number of nitrogens with two attached hydrogens (primary N) is 1. The highest BCUT2D eigenvalue weighted by atomic mass is 16.6. The molecule has 3 N–H and O–H groups in total. The number of nitro groups is 1. The Labute approximate surface area is 69.3 Å². The molecule has 0 aliphatic rings. The fourth-order valence-electron chi connectivity index (χ4n) is 0.857. The van der Waals surface area contributed by atoms with Crippen LogP contribution in [0.3, 0.4) is 0 Å². The minimum Gasteiger partial charge on any atom is -0.393 e. The summed E-state index contributed by atoms with van der Waals surface area (Å²) in [6.45, 7) is 0. The molecule has 1 rings (SSSR count). The molecule has 0 amide bonds. The summed E-state index contributed by atoms with van der Waals surface area (Å²) in [4.78, 5) is 9.88. The molecule has 0 heterocycles. The number of nitrogen functional groups attached to an aromatic ring is 1. The van der Waals surface area contributed by atoms with E-state index in [1.54, 1.807) is 13.1 Å². The van der Waals surface area contributed by atoms with Crippen molar-refractivity contribution in [2.24, 2.45) is 0 Å². The van der Waals surface area contributed by atoms with Crippen LogP contribution >= 0.6 is 0 Å². The van der Waals surface area contributed by atoms with Crippen LogP contribution in [0.1, 0.15) is 0 Å². The van der Waals surface area contributed by atoms with Crippen LogP contribution in [0.25, 0.3) is 0 Å². The number of benzene rings is 1. The number of nitro benzene ring substituents is 1. The van der Waals surface area contributed by atoms with Crippen molar-refractivity contribution in [1.29, 1.82) is 0 Å². The fourth-order valence-corrected chi connectivity index (χ4v) is 0.857. The number of rotatable bonds is 2. The first-order chi connectivity index (χ1) is 5.65. The Bertz CT molecular complexity index is 312. The smallest absolute Gasteiger partial charge is 0.294 e. The van der Waals surface area contributed by atoms with Crippen molar-refractivity contribution in [3.8, 4) is 0 Å². The van der Waals surface area contributed by atoms with Crippen LogP contribution in [-0.4, -0.2) is 12.0 Å². The quantitative estimate of drug-likeness (QED) is 0.394. The summed E-state index contributed by atoms with van der Waals surface area (Å²) in [6, 6.07) is 4.58. The molecule has 0 saturated heterocycles. The molecule has 12 heavy (non-hydrogen) atoms. The van der Waals surface area contributed by atoms with E-state index in [2.05, 4.69) is 5.32 Å². The maximum atomic E-state index is 10.4. The number of nitrogens with one attached hydrogen (secondary N) is 1. The highest BCUT2D eigenvalue weighted by molar-refractivity contribution is 5.65. The Morgan fingerprint density at radius 2 is 2.25 bits per heavy atom. The van der Waals surface area contributed by atoms with Crippen molar-refractivity contribution >= 4 is 17.1 Å². The van der Waals surface area contributed by atoms with E-state index in [1.165, 1.54) is 12.1 Å². The standard InChI is InChI=1S/C7H9N3O2/c1-9-5-2-3-6(8)7(4-5)10(11)12/h2-4,9H,8H2,1H3. The van der Waals surface area contributed by atoms with Gasteiger partial charge in [-0.25, -0.2) is 0 Å². The van der Waals surface area contributed by atoms with Gasteiger partial charge in [0.2, 0.25) is 0 Å². The van der Waals surface area contributed by atoms with Crippen molar-refractivity contribution < 1.29 is 4.92 Å². The molecule has 5 nitrogen and oxygen atoms in total. The van der Waals surface area contributed by atoms with Crippen molar-refractivity contribution in [2.75, 3.05) is 18.1 Å². The minimum absolute atomic E-state index is 0.0677. The molecule has 0 saturated carbocycles. The molecule has 0 unspecified atom stereocenters. The van der Waals surface area contributed by atoms with Gasteiger partial charge in [0.1, 0.15) is 5.69 Å². The van der Waals surface area contributed by atoms with E-state index in [1.807, 2.05) is 0 Å². The van der Waals surface area contributed by atoms with E-state index < -0.39 is 4.92 Å². The maximum absolute atomic E-state index is 10.4. The average molecular weight is 167 g/mol. The van der Waals surface area contributed by atoms with Crippen molar-refractivity contribution in [3.63, 3.8) is 0 Å². The first kappa shape index (κ1) is 8.32.